The van der Waals surface area contributed by atoms with E-state index >= 15 is 0 Å². The van der Waals surface area contributed by atoms with Crippen LogP contribution in [0.2, 0.25) is 0 Å². The number of rotatable bonds is 5. The fourth-order valence-electron chi connectivity index (χ4n) is 1.47. The first kappa shape index (κ1) is 12.8. The molecule has 0 radical (unpaired) electrons. The van der Waals surface area contributed by atoms with E-state index in [0.717, 1.165) is 34.0 Å². The van der Waals surface area contributed by atoms with Crippen molar-refractivity contribution in [2.75, 3.05) is 6.54 Å². The van der Waals surface area contributed by atoms with Crippen molar-refractivity contribution in [1.29, 1.82) is 0 Å². The molecule has 3 nitrogen and oxygen atoms in total. The molecule has 0 atom stereocenters. The van der Waals surface area contributed by atoms with Crippen LogP contribution in [-0.4, -0.2) is 17.6 Å². The fourth-order valence-corrected chi connectivity index (χ4v) is 2.61. The second-order valence-electron chi connectivity index (χ2n) is 4.12. The van der Waals surface area contributed by atoms with Crippen LogP contribution in [0.5, 0.6) is 0 Å². The minimum absolute atomic E-state index is 0.497. The van der Waals surface area contributed by atoms with E-state index in [0.29, 0.717) is 6.04 Å². The largest absolute Gasteiger partial charge is 0.441 e. The minimum atomic E-state index is 0.497. The van der Waals surface area contributed by atoms with Crippen molar-refractivity contribution in [1.82, 2.24) is 10.3 Å². The van der Waals surface area contributed by atoms with Crippen LogP contribution in [0.4, 0.5) is 0 Å². The Hall–Kier alpha value is -0.650. The summed E-state index contributed by atoms with van der Waals surface area (Å²) in [6.45, 7) is 5.15. The molecule has 0 saturated heterocycles. The Balaban J connectivity index is 1.96. The minimum Gasteiger partial charge on any atom is -0.441 e. The molecule has 2 aromatic heterocycles. The van der Waals surface area contributed by atoms with Gasteiger partial charge in [-0.1, -0.05) is 13.8 Å². The summed E-state index contributed by atoms with van der Waals surface area (Å²) in [6, 6.07) is 2.54. The lowest BCUT2D eigenvalue weighted by atomic mass is 10.3. The second-order valence-corrected chi connectivity index (χ2v) is 6.41. The zero-order valence-electron chi connectivity index (χ0n) is 9.87. The molecule has 17 heavy (non-hydrogen) atoms. The summed E-state index contributed by atoms with van der Waals surface area (Å²) in [4.78, 5) is 4.28. The van der Waals surface area contributed by atoms with E-state index in [1.54, 1.807) is 17.5 Å². The SMILES string of the molecule is CC(C)NCCc1ncc(-c2csc(Br)c2)o1. The van der Waals surface area contributed by atoms with Crippen LogP contribution in [0.1, 0.15) is 19.7 Å². The zero-order chi connectivity index (χ0) is 12.3. The maximum absolute atomic E-state index is 5.70. The fraction of sp³-hybridized carbons (Fsp3) is 0.417. The van der Waals surface area contributed by atoms with Crippen LogP contribution in [0, 0.1) is 0 Å². The Bertz CT molecular complexity index is 478. The Morgan fingerprint density at radius 1 is 1.53 bits per heavy atom. The average Bonchev–Trinajstić information content (AvgIpc) is 2.86. The average molecular weight is 315 g/mol. The summed E-state index contributed by atoms with van der Waals surface area (Å²) in [7, 11) is 0. The molecule has 0 bridgehead atoms. The highest BCUT2D eigenvalue weighted by atomic mass is 79.9. The number of nitrogens with one attached hydrogen (secondary N) is 1. The Morgan fingerprint density at radius 2 is 2.35 bits per heavy atom. The van der Waals surface area contributed by atoms with Crippen LogP contribution in [0.3, 0.4) is 0 Å². The second kappa shape index (κ2) is 5.80. The van der Waals surface area contributed by atoms with E-state index in [9.17, 15) is 0 Å². The number of nitrogens with zero attached hydrogens (tertiary/aromatic N) is 1. The van der Waals surface area contributed by atoms with E-state index in [2.05, 4.69) is 45.5 Å². The van der Waals surface area contributed by atoms with Crippen molar-refractivity contribution in [2.45, 2.75) is 26.3 Å². The number of halogens is 1. The van der Waals surface area contributed by atoms with Crippen molar-refractivity contribution in [2.24, 2.45) is 0 Å². The Kier molecular flexibility index (Phi) is 4.36. The number of hydrogen-bond acceptors (Lipinski definition) is 4. The normalized spacial score (nSPS) is 11.3. The van der Waals surface area contributed by atoms with Gasteiger partial charge in [-0.05, 0) is 22.0 Å². The third kappa shape index (κ3) is 3.66. The molecule has 2 aromatic rings. The summed E-state index contributed by atoms with van der Waals surface area (Å²) in [5, 5.41) is 5.40. The quantitative estimate of drug-likeness (QED) is 0.914. The molecule has 5 heteroatoms. The van der Waals surface area contributed by atoms with Crippen molar-refractivity contribution in [3.8, 4) is 11.3 Å². The summed E-state index contributed by atoms with van der Waals surface area (Å²) in [5.41, 5.74) is 1.08. The summed E-state index contributed by atoms with van der Waals surface area (Å²) < 4.78 is 6.80. The van der Waals surface area contributed by atoms with Gasteiger partial charge in [0.2, 0.25) is 0 Å². The van der Waals surface area contributed by atoms with Gasteiger partial charge in [-0.15, -0.1) is 11.3 Å². The maximum Gasteiger partial charge on any atom is 0.196 e. The van der Waals surface area contributed by atoms with E-state index in [-0.39, 0.29) is 0 Å². The number of hydrogen-bond donors (Lipinski definition) is 1. The van der Waals surface area contributed by atoms with Crippen molar-refractivity contribution < 1.29 is 4.42 Å². The van der Waals surface area contributed by atoms with Gasteiger partial charge in [0.25, 0.3) is 0 Å². The summed E-state index contributed by atoms with van der Waals surface area (Å²) in [5.74, 6) is 1.63. The zero-order valence-corrected chi connectivity index (χ0v) is 12.3. The number of thiophene rings is 1. The first-order valence-electron chi connectivity index (χ1n) is 5.57. The van der Waals surface area contributed by atoms with Crippen LogP contribution in [0.15, 0.2) is 25.8 Å². The first-order chi connectivity index (χ1) is 8.15. The third-order valence-electron chi connectivity index (χ3n) is 2.30. The molecule has 0 aromatic carbocycles. The van der Waals surface area contributed by atoms with Gasteiger partial charge >= 0.3 is 0 Å². The Morgan fingerprint density at radius 3 is 3.00 bits per heavy atom. The summed E-state index contributed by atoms with van der Waals surface area (Å²) in [6.07, 6.45) is 2.61. The number of aromatic nitrogens is 1. The monoisotopic (exact) mass is 314 g/mol. The topological polar surface area (TPSA) is 38.1 Å². The standard InChI is InChI=1S/C12H15BrN2OS/c1-8(2)14-4-3-12-15-6-10(16-12)9-5-11(13)17-7-9/h5-8,14H,3-4H2,1-2H3. The predicted octanol–water partition coefficient (Wildman–Crippen LogP) is 3.71. The van der Waals surface area contributed by atoms with Gasteiger partial charge in [-0.3, -0.25) is 0 Å². The molecule has 0 amide bonds. The van der Waals surface area contributed by atoms with E-state index in [1.807, 2.05) is 6.07 Å². The predicted molar refractivity (Wildman–Crippen MR) is 74.4 cm³/mol. The van der Waals surface area contributed by atoms with E-state index in [4.69, 9.17) is 4.42 Å². The molecule has 1 N–H and O–H groups in total. The molecule has 2 rings (SSSR count). The molecule has 0 saturated carbocycles. The van der Waals surface area contributed by atoms with Gasteiger partial charge in [0.05, 0.1) is 9.98 Å². The van der Waals surface area contributed by atoms with Gasteiger partial charge in [0.15, 0.2) is 11.7 Å². The van der Waals surface area contributed by atoms with E-state index in [1.165, 1.54) is 0 Å². The molecule has 0 aliphatic carbocycles. The lowest BCUT2D eigenvalue weighted by Crippen LogP contribution is -2.24. The highest BCUT2D eigenvalue weighted by Crippen LogP contribution is 2.29. The first-order valence-corrected chi connectivity index (χ1v) is 7.25. The van der Waals surface area contributed by atoms with Crippen LogP contribution in [0.25, 0.3) is 11.3 Å². The third-order valence-corrected chi connectivity index (χ3v) is 3.80. The van der Waals surface area contributed by atoms with Crippen molar-refractivity contribution in [3.63, 3.8) is 0 Å². The molecule has 0 spiro atoms. The van der Waals surface area contributed by atoms with Crippen LogP contribution < -0.4 is 5.32 Å². The van der Waals surface area contributed by atoms with Gasteiger partial charge in [-0.25, -0.2) is 4.98 Å². The van der Waals surface area contributed by atoms with Gasteiger partial charge in [0, 0.05) is 30.0 Å². The maximum atomic E-state index is 5.70. The number of oxazole rings is 1. The molecule has 2 heterocycles. The van der Waals surface area contributed by atoms with Gasteiger partial charge in [-0.2, -0.15) is 0 Å². The lowest BCUT2D eigenvalue weighted by molar-refractivity contribution is 0.485. The molecule has 0 unspecified atom stereocenters. The van der Waals surface area contributed by atoms with E-state index < -0.39 is 0 Å². The molecule has 92 valence electrons. The highest BCUT2D eigenvalue weighted by molar-refractivity contribution is 9.11. The lowest BCUT2D eigenvalue weighted by Gasteiger charge is -2.05. The molecular weight excluding hydrogens is 300 g/mol. The van der Waals surface area contributed by atoms with Crippen molar-refractivity contribution in [3.05, 3.63) is 27.3 Å². The Labute approximate surface area is 113 Å². The molecule has 0 fully saturated rings. The molecular formula is C12H15BrN2OS. The summed E-state index contributed by atoms with van der Waals surface area (Å²) >= 11 is 5.09. The smallest absolute Gasteiger partial charge is 0.196 e. The van der Waals surface area contributed by atoms with Crippen LogP contribution >= 0.6 is 27.3 Å². The van der Waals surface area contributed by atoms with Gasteiger partial charge in [0.1, 0.15) is 0 Å². The highest BCUT2D eigenvalue weighted by Gasteiger charge is 2.08. The van der Waals surface area contributed by atoms with Gasteiger partial charge < -0.3 is 9.73 Å². The van der Waals surface area contributed by atoms with Crippen molar-refractivity contribution >= 4 is 27.3 Å². The molecule has 0 aliphatic heterocycles. The molecule has 0 aliphatic rings. The van der Waals surface area contributed by atoms with Crippen LogP contribution in [-0.2, 0) is 6.42 Å².